The van der Waals surface area contributed by atoms with Gasteiger partial charge in [-0.1, -0.05) is 39.0 Å². The Kier molecular flexibility index (Phi) is 12.5. The summed E-state index contributed by atoms with van der Waals surface area (Å²) in [6.45, 7) is 10.3. The molecule has 0 bridgehead atoms. The topological polar surface area (TPSA) is 219 Å². The third-order valence-corrected chi connectivity index (χ3v) is 12.4. The summed E-state index contributed by atoms with van der Waals surface area (Å²) in [4.78, 5) is 79.4. The molecule has 3 aliphatic heterocycles. The lowest BCUT2D eigenvalue weighted by atomic mass is 10.0. The molecule has 19 heteroatoms. The molecule has 6 amide bonds. The first-order valence-electron chi connectivity index (χ1n) is 20.9. The fourth-order valence-electron chi connectivity index (χ4n) is 7.82. The van der Waals surface area contributed by atoms with Gasteiger partial charge in [0.2, 0.25) is 11.8 Å². The minimum atomic E-state index is -1.03. The zero-order valence-corrected chi connectivity index (χ0v) is 35.6. The molecule has 6 N–H and O–H groups in total. The van der Waals surface area contributed by atoms with Gasteiger partial charge in [0.25, 0.3) is 11.8 Å². The van der Waals surface area contributed by atoms with Crippen molar-refractivity contribution in [1.29, 1.82) is 0 Å². The summed E-state index contributed by atoms with van der Waals surface area (Å²) in [5, 5.41) is 30.6. The minimum Gasteiger partial charge on any atom is -0.394 e. The lowest BCUT2D eigenvalue weighted by Crippen LogP contribution is -2.54. The molecule has 2 atom stereocenters. The standard InChI is InChI=1S/C43H50N12O6S/c1-4-27(24-56)48-34-18-35(55-39(50-34)31(22-47-55)25(2)3)45-19-26-8-10-28(11-9-26)49-43(61)53-16-14-52(15-17-53)23-37-46-21-29(62-37)20-44-32-7-5-6-30-38(32)42(60)54(41(30)59)33-12-13-36(57)51-40(33)58/h5-11,18,21-22,25,27,33,44-45,56H,4,12-17,19-20,23-24H2,1-3H3,(H,48,50)(H,49,61)(H,51,57,58)/t27-,33?/m0/s1. The van der Waals surface area contributed by atoms with Crippen LogP contribution in [-0.2, 0) is 29.2 Å². The van der Waals surface area contributed by atoms with Gasteiger partial charge >= 0.3 is 6.03 Å². The van der Waals surface area contributed by atoms with Crippen LogP contribution in [0.3, 0.4) is 0 Å². The Labute approximate surface area is 362 Å². The van der Waals surface area contributed by atoms with Gasteiger partial charge in [0.15, 0.2) is 5.65 Å². The van der Waals surface area contributed by atoms with Crippen molar-refractivity contribution in [2.75, 3.05) is 54.1 Å². The maximum atomic E-state index is 13.5. The molecule has 0 spiro atoms. The molecule has 0 aliphatic carbocycles. The fourth-order valence-corrected chi connectivity index (χ4v) is 8.73. The Morgan fingerprint density at radius 1 is 0.984 bits per heavy atom. The first kappa shape index (κ1) is 42.3. The first-order valence-corrected chi connectivity index (χ1v) is 21.7. The van der Waals surface area contributed by atoms with Gasteiger partial charge in [0.1, 0.15) is 22.7 Å². The molecule has 3 aliphatic rings. The average molecular weight is 863 g/mol. The second-order valence-corrected chi connectivity index (χ2v) is 17.1. The smallest absolute Gasteiger partial charge is 0.321 e. The third-order valence-electron chi connectivity index (χ3n) is 11.4. The molecule has 0 radical (unpaired) electrons. The lowest BCUT2D eigenvalue weighted by Gasteiger charge is -2.34. The summed E-state index contributed by atoms with van der Waals surface area (Å²) in [6.07, 6.45) is 4.54. The molecule has 62 heavy (non-hydrogen) atoms. The van der Waals surface area contributed by atoms with Gasteiger partial charge in [-0.15, -0.1) is 11.3 Å². The van der Waals surface area contributed by atoms with Crippen LogP contribution in [0.2, 0.25) is 0 Å². The van der Waals surface area contributed by atoms with E-state index in [0.29, 0.717) is 63.0 Å². The van der Waals surface area contributed by atoms with Gasteiger partial charge in [-0.25, -0.2) is 14.8 Å². The zero-order valence-electron chi connectivity index (χ0n) is 34.8. The van der Waals surface area contributed by atoms with E-state index < -0.39 is 29.7 Å². The number of nitrogens with one attached hydrogen (secondary N) is 5. The summed E-state index contributed by atoms with van der Waals surface area (Å²) < 4.78 is 1.80. The Morgan fingerprint density at radius 3 is 2.50 bits per heavy atom. The Hall–Kier alpha value is -6.44. The second-order valence-electron chi connectivity index (χ2n) is 15.9. The monoisotopic (exact) mass is 862 g/mol. The number of piperazine rings is 1. The number of anilines is 4. The maximum absolute atomic E-state index is 13.5. The van der Waals surface area contributed by atoms with Gasteiger partial charge in [-0.3, -0.25) is 34.3 Å². The van der Waals surface area contributed by atoms with Crippen molar-refractivity contribution in [3.8, 4) is 0 Å². The fraction of sp³-hybridized carbons (Fsp3) is 0.395. The maximum Gasteiger partial charge on any atom is 0.321 e. The number of piperidine rings is 1. The lowest BCUT2D eigenvalue weighted by molar-refractivity contribution is -0.136. The first-order chi connectivity index (χ1) is 30.0. The highest BCUT2D eigenvalue weighted by Crippen LogP contribution is 2.33. The number of fused-ring (bicyclic) bond motifs is 2. The van der Waals surface area contributed by atoms with E-state index in [0.717, 1.165) is 43.8 Å². The molecule has 2 fully saturated rings. The number of amides is 6. The van der Waals surface area contributed by atoms with Crippen molar-refractivity contribution < 1.29 is 29.1 Å². The van der Waals surface area contributed by atoms with E-state index in [-0.39, 0.29) is 48.6 Å². The van der Waals surface area contributed by atoms with Crippen LogP contribution in [0, 0.1) is 0 Å². The van der Waals surface area contributed by atoms with Crippen LogP contribution in [0.1, 0.15) is 87.7 Å². The third kappa shape index (κ3) is 8.95. The largest absolute Gasteiger partial charge is 0.394 e. The number of urea groups is 1. The van der Waals surface area contributed by atoms with Gasteiger partial charge < -0.3 is 31.3 Å². The normalized spacial score (nSPS) is 17.4. The highest BCUT2D eigenvalue weighted by molar-refractivity contribution is 7.11. The van der Waals surface area contributed by atoms with Crippen molar-refractivity contribution in [1.82, 2.24) is 39.6 Å². The number of aromatic nitrogens is 4. The zero-order chi connectivity index (χ0) is 43.5. The number of rotatable bonds is 15. The van der Waals surface area contributed by atoms with E-state index in [2.05, 4.69) is 55.4 Å². The van der Waals surface area contributed by atoms with Gasteiger partial charge in [0, 0.05) is 73.2 Å². The van der Waals surface area contributed by atoms with Gasteiger partial charge in [-0.05, 0) is 48.6 Å². The minimum absolute atomic E-state index is 0.00608. The molecular weight excluding hydrogens is 813 g/mol. The predicted octanol–water partition coefficient (Wildman–Crippen LogP) is 4.47. The highest BCUT2D eigenvalue weighted by Gasteiger charge is 2.45. The van der Waals surface area contributed by atoms with Crippen LogP contribution in [-0.4, -0.2) is 114 Å². The molecular formula is C43H50N12O6S. The number of carbonyl (C=O) groups is 5. The van der Waals surface area contributed by atoms with Gasteiger partial charge in [-0.2, -0.15) is 9.61 Å². The summed E-state index contributed by atoms with van der Waals surface area (Å²) in [5.74, 6) is -0.497. The van der Waals surface area contributed by atoms with E-state index in [9.17, 15) is 29.1 Å². The molecule has 3 aromatic heterocycles. The van der Waals surface area contributed by atoms with Gasteiger partial charge in [0.05, 0.1) is 43.1 Å². The van der Waals surface area contributed by atoms with Crippen LogP contribution in [0.4, 0.5) is 27.8 Å². The molecule has 0 saturated carbocycles. The van der Waals surface area contributed by atoms with E-state index in [1.54, 1.807) is 40.2 Å². The molecule has 1 unspecified atom stereocenters. The number of aliphatic hydroxyl groups excluding tert-OH is 1. The Bertz CT molecular complexity index is 2490. The van der Waals surface area contributed by atoms with E-state index in [1.807, 2.05) is 48.4 Å². The summed E-state index contributed by atoms with van der Waals surface area (Å²) in [6, 6.07) is 13.3. The summed E-state index contributed by atoms with van der Waals surface area (Å²) in [7, 11) is 0. The van der Waals surface area contributed by atoms with E-state index in [1.165, 1.54) is 0 Å². The number of aliphatic hydroxyl groups is 1. The number of nitrogens with zero attached hydrogens (tertiary/aromatic N) is 7. The van der Waals surface area contributed by atoms with Crippen molar-refractivity contribution in [3.63, 3.8) is 0 Å². The molecule has 6 heterocycles. The Balaban J connectivity index is 0.801. The number of thiazole rings is 1. The quantitative estimate of drug-likeness (QED) is 0.0802. The predicted molar refractivity (Wildman–Crippen MR) is 234 cm³/mol. The molecule has 2 saturated heterocycles. The summed E-state index contributed by atoms with van der Waals surface area (Å²) >= 11 is 1.54. The summed E-state index contributed by atoms with van der Waals surface area (Å²) in [5.41, 5.74) is 4.43. The average Bonchev–Trinajstić information content (AvgIpc) is 3.98. The van der Waals surface area contributed by atoms with Crippen LogP contribution in [0.15, 0.2) is 60.9 Å². The number of carbonyl (C=O) groups excluding carboxylic acids is 5. The number of imide groups is 2. The van der Waals surface area contributed by atoms with E-state index >= 15 is 0 Å². The van der Waals surface area contributed by atoms with Crippen LogP contribution < -0.4 is 26.6 Å². The van der Waals surface area contributed by atoms with Crippen molar-refractivity contribution in [3.05, 3.63) is 93.1 Å². The van der Waals surface area contributed by atoms with Crippen molar-refractivity contribution in [2.24, 2.45) is 0 Å². The number of hydrogen-bond donors (Lipinski definition) is 6. The number of benzene rings is 2. The number of hydrogen-bond acceptors (Lipinski definition) is 14. The highest BCUT2D eigenvalue weighted by atomic mass is 32.1. The second kappa shape index (κ2) is 18.3. The molecule has 18 nitrogen and oxygen atoms in total. The SMILES string of the molecule is CC[C@@H](CO)Nc1cc(NCc2ccc(NC(=O)N3CCN(Cc4ncc(CNc5cccc6c5C(=O)N(C5CCC(=O)NC5=O)C6=O)s4)CC3)cc2)n2ncc(C(C)C)c2n1. The molecule has 324 valence electrons. The molecule has 2 aromatic carbocycles. The molecule has 5 aromatic rings. The van der Waals surface area contributed by atoms with Crippen LogP contribution in [0.5, 0.6) is 0 Å². The van der Waals surface area contributed by atoms with Crippen LogP contribution >= 0.6 is 11.3 Å². The Morgan fingerprint density at radius 2 is 1.77 bits per heavy atom. The van der Waals surface area contributed by atoms with Crippen molar-refractivity contribution in [2.45, 2.75) is 77.7 Å². The van der Waals surface area contributed by atoms with Crippen molar-refractivity contribution >= 4 is 69.7 Å². The molecule has 8 rings (SSSR count). The van der Waals surface area contributed by atoms with Crippen LogP contribution in [0.25, 0.3) is 5.65 Å². The van der Waals surface area contributed by atoms with E-state index in [4.69, 9.17) is 4.98 Å².